The molecule has 0 spiro atoms. The summed E-state index contributed by atoms with van der Waals surface area (Å²) in [6.07, 6.45) is -1.35. The van der Waals surface area contributed by atoms with Gasteiger partial charge in [0.25, 0.3) is 0 Å². The third kappa shape index (κ3) is 7.66. The summed E-state index contributed by atoms with van der Waals surface area (Å²) < 4.78 is 133. The molecule has 3 aliphatic rings. The van der Waals surface area contributed by atoms with Gasteiger partial charge in [0.05, 0.1) is 10.2 Å². The fourth-order valence-electron chi connectivity index (χ4n) is 7.67. The fraction of sp³-hybridized carbons (Fsp3) is 0.812. The summed E-state index contributed by atoms with van der Waals surface area (Å²) in [7, 11) is -2.95. The van der Waals surface area contributed by atoms with E-state index in [-0.39, 0.29) is 66.2 Å². The van der Waals surface area contributed by atoms with Crippen LogP contribution in [0.2, 0.25) is 0 Å². The molecule has 0 heterocycles. The molecule has 41 heavy (non-hydrogen) atoms. The molecule has 0 bridgehead atoms. The van der Waals surface area contributed by atoms with Gasteiger partial charge in [-0.15, -0.1) is 0 Å². The van der Waals surface area contributed by atoms with Crippen molar-refractivity contribution in [1.82, 2.24) is 0 Å². The first-order valence-electron chi connectivity index (χ1n) is 18.4. The van der Waals surface area contributed by atoms with E-state index in [0.717, 1.165) is 56.9 Å². The Kier molecular flexibility index (Phi) is 8.01. The molecule has 1 aromatic carbocycles. The number of unbranched alkanes of at least 4 members (excludes halogenated alkanes) is 5. The summed E-state index contributed by atoms with van der Waals surface area (Å²) in [6, 6.07) is -0.372. The third-order valence-corrected chi connectivity index (χ3v) is 10.8. The van der Waals surface area contributed by atoms with Crippen LogP contribution in [0.3, 0.4) is 0 Å². The van der Waals surface area contributed by atoms with E-state index in [1.165, 1.54) is 0 Å². The highest BCUT2D eigenvalue weighted by molar-refractivity contribution is 7.84. The lowest BCUT2D eigenvalue weighted by Crippen LogP contribution is -2.47. The van der Waals surface area contributed by atoms with E-state index in [1.54, 1.807) is 0 Å². The smallest absolute Gasteiger partial charge is 0.453 e. The number of hydrogen-bond donors (Lipinski definition) is 2. The molecule has 0 aromatic heterocycles. The Morgan fingerprint density at radius 1 is 1.00 bits per heavy atom. The van der Waals surface area contributed by atoms with Gasteiger partial charge in [-0.2, -0.15) is 22.0 Å². The predicted molar refractivity (Wildman–Crippen MR) is 153 cm³/mol. The van der Waals surface area contributed by atoms with Crippen molar-refractivity contribution in [3.63, 3.8) is 0 Å². The molecular formula is C32H47F5O3S. The number of fused-ring (bicyclic) bond motifs is 5. The maximum Gasteiger partial charge on any atom is 0.453 e. The van der Waals surface area contributed by atoms with Crippen molar-refractivity contribution in [2.75, 3.05) is 11.4 Å². The Hall–Kier alpha value is -1.22. The number of rotatable bonds is 14. The molecule has 9 heteroatoms. The van der Waals surface area contributed by atoms with Crippen molar-refractivity contribution in [3.8, 4) is 5.75 Å². The van der Waals surface area contributed by atoms with Crippen LogP contribution in [0.1, 0.15) is 123 Å². The molecule has 7 atom stereocenters. The molecule has 3 aliphatic carbocycles. The summed E-state index contributed by atoms with van der Waals surface area (Å²) in [4.78, 5) is 0. The van der Waals surface area contributed by atoms with Gasteiger partial charge in [0.1, 0.15) is 5.75 Å². The first kappa shape index (κ1) is 24.1. The Morgan fingerprint density at radius 3 is 2.37 bits per heavy atom. The average Bonchev–Trinajstić information content (AvgIpc) is 3.31. The number of aromatic hydroxyl groups is 1. The molecule has 3 nitrogen and oxygen atoms in total. The van der Waals surface area contributed by atoms with Crippen molar-refractivity contribution in [2.24, 2.45) is 23.2 Å². The van der Waals surface area contributed by atoms with Gasteiger partial charge in [0.2, 0.25) is 0 Å². The number of phenols is 1. The van der Waals surface area contributed by atoms with Crippen molar-refractivity contribution >= 4 is 10.8 Å². The molecular weight excluding hydrogens is 559 g/mol. The van der Waals surface area contributed by atoms with E-state index in [4.69, 9.17) is 9.60 Å². The maximum absolute atomic E-state index is 13.3. The molecule has 3 unspecified atom stereocenters. The zero-order valence-electron chi connectivity index (χ0n) is 30.6. The van der Waals surface area contributed by atoms with Gasteiger partial charge in [-0.1, -0.05) is 51.5 Å². The van der Waals surface area contributed by atoms with Crippen molar-refractivity contribution in [1.29, 1.82) is 0 Å². The van der Waals surface area contributed by atoms with Gasteiger partial charge in [0.15, 0.2) is 0 Å². The minimum Gasteiger partial charge on any atom is -0.508 e. The summed E-state index contributed by atoms with van der Waals surface area (Å²) in [5, 5.41) is 21.3. The second-order valence-corrected chi connectivity index (χ2v) is 13.5. The van der Waals surface area contributed by atoms with Crippen LogP contribution in [0.4, 0.5) is 22.0 Å². The lowest BCUT2D eigenvalue weighted by atomic mass is 9.52. The topological polar surface area (TPSA) is 57.5 Å². The monoisotopic (exact) mass is 613 g/mol. The quantitative estimate of drug-likeness (QED) is 0.163. The standard InChI is InChI=1S/C32H47F5O3S/c1-30-17-15-26-25-12-11-24(38)21-23(25)20-22(29(26)27(30)13-14-28(30)39)10-7-5-3-2-4-6-8-18-41(40)19-9-16-31(33,34)32(35,36)37/h11-12,21-22,26-29,38-39H,2-10,13-20H2,1H3/t22-,26?,27+,28+,29?,30+,41?/m1/s1/i11D,12D,18D2,19D2,21D. The number of alkyl halides is 5. The Balaban J connectivity index is 1.29. The van der Waals surface area contributed by atoms with Gasteiger partial charge in [-0.3, -0.25) is 4.21 Å². The molecule has 0 amide bonds. The lowest BCUT2D eigenvalue weighted by molar-refractivity contribution is -0.284. The van der Waals surface area contributed by atoms with Crippen LogP contribution in [0.25, 0.3) is 0 Å². The number of aliphatic hydroxyl groups excluding tert-OH is 1. The van der Waals surface area contributed by atoms with Gasteiger partial charge in [-0.05, 0) is 104 Å². The third-order valence-electron chi connectivity index (χ3n) is 9.90. The van der Waals surface area contributed by atoms with Crippen LogP contribution in [0.15, 0.2) is 18.1 Å². The minimum atomic E-state index is -5.88. The summed E-state index contributed by atoms with van der Waals surface area (Å²) >= 11 is 0. The first-order valence-corrected chi connectivity index (χ1v) is 16.1. The van der Waals surface area contributed by atoms with E-state index < -0.39 is 52.9 Å². The van der Waals surface area contributed by atoms with Gasteiger partial charge < -0.3 is 10.2 Å². The normalized spacial score (nSPS) is 33.6. The van der Waals surface area contributed by atoms with Crippen LogP contribution < -0.4 is 0 Å². The molecule has 0 saturated heterocycles. The molecule has 2 N–H and O–H groups in total. The molecule has 2 fully saturated rings. The zero-order valence-corrected chi connectivity index (χ0v) is 24.4. The van der Waals surface area contributed by atoms with Crippen molar-refractivity contribution in [3.05, 3.63) is 29.3 Å². The summed E-state index contributed by atoms with van der Waals surface area (Å²) in [5.74, 6) is -4.98. The van der Waals surface area contributed by atoms with Gasteiger partial charge >= 0.3 is 12.1 Å². The molecule has 1 aromatic rings. The molecule has 0 aliphatic heterocycles. The SMILES string of the molecule is [2H]c1c([2H])c2c(c([2H])c1O)C[C@@H](CCCCCCCCC([2H])([2H])S(=O)C([2H])([2H])CCC(F)(F)C(F)(F)F)C1C2CC[C@]2(C)[C@@H](O)CC[C@@H]12. The van der Waals surface area contributed by atoms with E-state index in [2.05, 4.69) is 6.92 Å². The molecule has 2 saturated carbocycles. The highest BCUT2D eigenvalue weighted by Crippen LogP contribution is 2.62. The molecule has 0 radical (unpaired) electrons. The van der Waals surface area contributed by atoms with Crippen molar-refractivity contribution in [2.45, 2.75) is 127 Å². The summed E-state index contributed by atoms with van der Waals surface area (Å²) in [5.41, 5.74) is -4.49. The van der Waals surface area contributed by atoms with E-state index in [9.17, 15) is 36.4 Å². The van der Waals surface area contributed by atoms with Crippen LogP contribution in [-0.4, -0.2) is 44.0 Å². The fourth-order valence-corrected chi connectivity index (χ4v) is 8.39. The van der Waals surface area contributed by atoms with Crippen LogP contribution in [-0.2, 0) is 17.2 Å². The van der Waals surface area contributed by atoms with Gasteiger partial charge in [-0.25, -0.2) is 0 Å². The number of hydrogen-bond acceptors (Lipinski definition) is 3. The van der Waals surface area contributed by atoms with Crippen LogP contribution in [0, 0.1) is 23.2 Å². The number of halogens is 5. The van der Waals surface area contributed by atoms with Crippen LogP contribution in [0.5, 0.6) is 5.75 Å². The lowest BCUT2D eigenvalue weighted by Gasteiger charge is -2.53. The highest BCUT2D eigenvalue weighted by atomic mass is 32.2. The Morgan fingerprint density at radius 2 is 1.66 bits per heavy atom. The summed E-state index contributed by atoms with van der Waals surface area (Å²) in [6.45, 7) is 2.15. The second-order valence-electron chi connectivity index (χ2n) is 12.4. The van der Waals surface area contributed by atoms with E-state index >= 15 is 0 Å². The van der Waals surface area contributed by atoms with E-state index in [0.29, 0.717) is 24.8 Å². The second kappa shape index (κ2) is 13.6. The Labute approximate surface area is 254 Å². The highest BCUT2D eigenvalue weighted by Gasteiger charge is 2.57. The average molecular weight is 614 g/mol. The number of benzene rings is 1. The number of aliphatic hydroxyl groups is 1. The number of phenolic OH excluding ortho intramolecular Hbond substituents is 1. The zero-order chi connectivity index (χ0) is 36.0. The minimum absolute atomic E-state index is 0.00134. The molecule has 234 valence electrons. The maximum atomic E-state index is 13.3. The molecule has 4 rings (SSSR count). The van der Waals surface area contributed by atoms with E-state index in [1.807, 2.05) is 0 Å². The first-order chi connectivity index (χ1) is 22.1. The van der Waals surface area contributed by atoms with Crippen LogP contribution >= 0.6 is 0 Å². The van der Waals surface area contributed by atoms with Crippen molar-refractivity contribution < 1.29 is 46.0 Å². The van der Waals surface area contributed by atoms with Gasteiger partial charge in [0, 0.05) is 34.1 Å². The largest absolute Gasteiger partial charge is 0.508 e. The predicted octanol–water partition coefficient (Wildman–Crippen LogP) is 8.68. The Bertz CT molecular complexity index is 1350.